The lowest BCUT2D eigenvalue weighted by molar-refractivity contribution is 0.609. The van der Waals surface area contributed by atoms with Crippen molar-refractivity contribution >= 4 is 27.3 Å². The van der Waals surface area contributed by atoms with E-state index in [1.165, 1.54) is 17.0 Å². The molecule has 3 heterocycles. The van der Waals surface area contributed by atoms with Crippen molar-refractivity contribution in [3.63, 3.8) is 0 Å². The molecule has 100 valence electrons. The summed E-state index contributed by atoms with van der Waals surface area (Å²) in [5.41, 5.74) is 3.72. The minimum atomic E-state index is 0.429. The summed E-state index contributed by atoms with van der Waals surface area (Å²) in [4.78, 5) is 10.7. The first kappa shape index (κ1) is 13.2. The summed E-state index contributed by atoms with van der Waals surface area (Å²) >= 11 is 5.19. The Hall–Kier alpha value is -0.780. The second-order valence-corrected chi connectivity index (χ2v) is 7.51. The highest BCUT2D eigenvalue weighted by Crippen LogP contribution is 2.32. The predicted octanol–water partition coefficient (Wildman–Crippen LogP) is 3.74. The number of aromatic nitrogens is 2. The minimum absolute atomic E-state index is 0.429. The Morgan fingerprint density at radius 2 is 2.16 bits per heavy atom. The number of hydrogen-bond donors (Lipinski definition) is 1. The Labute approximate surface area is 125 Å². The van der Waals surface area contributed by atoms with Gasteiger partial charge in [-0.25, -0.2) is 9.97 Å². The van der Waals surface area contributed by atoms with Crippen molar-refractivity contribution < 1.29 is 0 Å². The van der Waals surface area contributed by atoms with Gasteiger partial charge < -0.3 is 5.32 Å². The van der Waals surface area contributed by atoms with Gasteiger partial charge in [0.15, 0.2) is 5.82 Å². The van der Waals surface area contributed by atoms with Crippen LogP contribution in [0.5, 0.6) is 0 Å². The van der Waals surface area contributed by atoms with Crippen molar-refractivity contribution in [2.75, 3.05) is 6.54 Å². The third-order valence-corrected chi connectivity index (χ3v) is 4.93. The topological polar surface area (TPSA) is 37.8 Å². The monoisotopic (exact) mass is 337 g/mol. The Kier molecular flexibility index (Phi) is 3.69. The lowest BCUT2D eigenvalue weighted by atomic mass is 9.98. The van der Waals surface area contributed by atoms with E-state index in [0.717, 1.165) is 34.0 Å². The molecule has 0 bridgehead atoms. The van der Waals surface area contributed by atoms with Gasteiger partial charge in [-0.05, 0) is 34.0 Å². The second-order valence-electron chi connectivity index (χ2n) is 5.04. The molecule has 0 aromatic carbocycles. The molecule has 0 unspecified atom stereocenters. The Bertz CT molecular complexity index is 607. The molecular formula is C14H16BrN3S. The summed E-state index contributed by atoms with van der Waals surface area (Å²) < 4.78 is 1.12. The van der Waals surface area contributed by atoms with E-state index >= 15 is 0 Å². The molecule has 0 saturated heterocycles. The maximum Gasteiger partial charge on any atom is 0.169 e. The smallest absolute Gasteiger partial charge is 0.169 e. The van der Waals surface area contributed by atoms with Gasteiger partial charge in [0.05, 0.1) is 20.1 Å². The van der Waals surface area contributed by atoms with Crippen LogP contribution in [0.2, 0.25) is 0 Å². The molecule has 19 heavy (non-hydrogen) atoms. The fraction of sp³-hybridized carbons (Fsp3) is 0.429. The lowest BCUT2D eigenvalue weighted by Gasteiger charge is -2.21. The molecule has 0 saturated carbocycles. The van der Waals surface area contributed by atoms with Crippen molar-refractivity contribution in [1.82, 2.24) is 15.3 Å². The molecule has 0 aliphatic carbocycles. The number of hydrogen-bond acceptors (Lipinski definition) is 4. The molecule has 3 rings (SSSR count). The minimum Gasteiger partial charge on any atom is -0.312 e. The molecule has 2 aromatic heterocycles. The first-order valence-electron chi connectivity index (χ1n) is 6.51. The quantitative estimate of drug-likeness (QED) is 0.907. The van der Waals surface area contributed by atoms with Gasteiger partial charge in [0.1, 0.15) is 0 Å². The van der Waals surface area contributed by atoms with Crippen molar-refractivity contribution in [3.8, 4) is 10.7 Å². The molecule has 0 radical (unpaired) electrons. The van der Waals surface area contributed by atoms with Gasteiger partial charge in [-0.3, -0.25) is 0 Å². The van der Waals surface area contributed by atoms with Gasteiger partial charge in [0, 0.05) is 25.1 Å². The van der Waals surface area contributed by atoms with Crippen LogP contribution in [0.3, 0.4) is 0 Å². The highest BCUT2D eigenvalue weighted by Gasteiger charge is 2.20. The van der Waals surface area contributed by atoms with Crippen LogP contribution >= 0.6 is 27.3 Å². The van der Waals surface area contributed by atoms with Crippen LogP contribution in [0, 0.1) is 0 Å². The van der Waals surface area contributed by atoms with Crippen LogP contribution in [-0.4, -0.2) is 16.5 Å². The average molecular weight is 338 g/mol. The largest absolute Gasteiger partial charge is 0.312 e. The van der Waals surface area contributed by atoms with Gasteiger partial charge in [0.2, 0.25) is 0 Å². The Balaban J connectivity index is 2.14. The predicted molar refractivity (Wildman–Crippen MR) is 82.5 cm³/mol. The van der Waals surface area contributed by atoms with Gasteiger partial charge in [0.25, 0.3) is 0 Å². The van der Waals surface area contributed by atoms with Gasteiger partial charge >= 0.3 is 0 Å². The summed E-state index contributed by atoms with van der Waals surface area (Å²) in [5, 5.41) is 3.41. The normalized spacial score (nSPS) is 14.7. The summed E-state index contributed by atoms with van der Waals surface area (Å²) in [7, 11) is 0. The van der Waals surface area contributed by atoms with Crippen LogP contribution < -0.4 is 5.32 Å². The summed E-state index contributed by atoms with van der Waals surface area (Å²) in [6.45, 7) is 6.31. The fourth-order valence-corrected chi connectivity index (χ4v) is 3.71. The van der Waals surface area contributed by atoms with Crippen LogP contribution in [0.4, 0.5) is 0 Å². The van der Waals surface area contributed by atoms with Crippen molar-refractivity contribution in [2.45, 2.75) is 32.7 Å². The zero-order valence-corrected chi connectivity index (χ0v) is 13.4. The molecule has 0 amide bonds. The zero-order chi connectivity index (χ0) is 13.4. The van der Waals surface area contributed by atoms with Crippen LogP contribution in [-0.2, 0) is 13.0 Å². The molecule has 0 atom stereocenters. The molecule has 2 aromatic rings. The zero-order valence-electron chi connectivity index (χ0n) is 11.0. The maximum absolute atomic E-state index is 4.81. The van der Waals surface area contributed by atoms with Gasteiger partial charge in [-0.1, -0.05) is 13.8 Å². The van der Waals surface area contributed by atoms with Crippen LogP contribution in [0.25, 0.3) is 10.7 Å². The first-order valence-corrected chi connectivity index (χ1v) is 8.12. The molecule has 3 nitrogen and oxygen atoms in total. The molecular weight excluding hydrogens is 322 g/mol. The van der Waals surface area contributed by atoms with Crippen molar-refractivity contribution in [3.05, 3.63) is 32.9 Å². The van der Waals surface area contributed by atoms with Gasteiger partial charge in [-0.2, -0.15) is 0 Å². The van der Waals surface area contributed by atoms with E-state index in [-0.39, 0.29) is 0 Å². The van der Waals surface area contributed by atoms with E-state index in [9.17, 15) is 0 Å². The van der Waals surface area contributed by atoms with E-state index < -0.39 is 0 Å². The SMILES string of the molecule is CC(C)c1nc(-c2ccc(Br)s2)nc2c1CNCC2. The molecule has 1 N–H and O–H groups in total. The highest BCUT2D eigenvalue weighted by molar-refractivity contribution is 9.11. The molecule has 1 aliphatic rings. The number of nitrogens with zero attached hydrogens (tertiary/aromatic N) is 2. The van der Waals surface area contributed by atoms with E-state index in [0.29, 0.717) is 5.92 Å². The summed E-state index contributed by atoms with van der Waals surface area (Å²) in [6.07, 6.45) is 0.997. The second kappa shape index (κ2) is 5.31. The number of halogens is 1. The summed E-state index contributed by atoms with van der Waals surface area (Å²) in [5.74, 6) is 1.30. The first-order chi connectivity index (χ1) is 9.15. The number of fused-ring (bicyclic) bond motifs is 1. The van der Waals surface area contributed by atoms with E-state index in [4.69, 9.17) is 9.97 Å². The van der Waals surface area contributed by atoms with E-state index in [1.807, 2.05) is 0 Å². The van der Waals surface area contributed by atoms with Gasteiger partial charge in [-0.15, -0.1) is 11.3 Å². The molecule has 1 aliphatic heterocycles. The van der Waals surface area contributed by atoms with Crippen LogP contribution in [0.1, 0.15) is 36.7 Å². The number of thiophene rings is 1. The number of nitrogens with one attached hydrogen (secondary N) is 1. The van der Waals surface area contributed by atoms with Crippen molar-refractivity contribution in [1.29, 1.82) is 0 Å². The Morgan fingerprint density at radius 3 is 2.84 bits per heavy atom. The lowest BCUT2D eigenvalue weighted by Crippen LogP contribution is -2.27. The summed E-state index contributed by atoms with van der Waals surface area (Å²) in [6, 6.07) is 4.14. The van der Waals surface area contributed by atoms with Crippen molar-refractivity contribution in [2.24, 2.45) is 0 Å². The third-order valence-electron chi connectivity index (χ3n) is 3.31. The standard InChI is InChI=1S/C14H16BrN3S/c1-8(2)13-9-7-16-6-5-10(9)17-14(18-13)11-3-4-12(15)19-11/h3-4,8,16H,5-7H2,1-2H3. The van der Waals surface area contributed by atoms with E-state index in [1.54, 1.807) is 11.3 Å². The molecule has 0 fully saturated rings. The molecule has 5 heteroatoms. The third kappa shape index (κ3) is 2.59. The van der Waals surface area contributed by atoms with Crippen LogP contribution in [0.15, 0.2) is 15.9 Å². The average Bonchev–Trinajstić information content (AvgIpc) is 2.84. The highest BCUT2D eigenvalue weighted by atomic mass is 79.9. The van der Waals surface area contributed by atoms with E-state index in [2.05, 4.69) is 47.2 Å². The fourth-order valence-electron chi connectivity index (χ4n) is 2.39. The number of rotatable bonds is 2. The molecule has 0 spiro atoms. The Morgan fingerprint density at radius 1 is 1.32 bits per heavy atom. The maximum atomic E-state index is 4.81.